The molecule has 0 fully saturated rings. The number of methoxy groups -OCH3 is 4. The van der Waals surface area contributed by atoms with Crippen molar-refractivity contribution in [3.63, 3.8) is 0 Å². The third kappa shape index (κ3) is 10.3. The van der Waals surface area contributed by atoms with E-state index in [0.717, 1.165) is 5.39 Å². The van der Waals surface area contributed by atoms with Gasteiger partial charge in [-0.05, 0) is 42.5 Å². The number of aromatic hydroxyl groups is 1. The quantitative estimate of drug-likeness (QED) is 0.0622. The molecule has 1 aliphatic rings. The molecule has 6 aromatic carbocycles. The molecule has 64 heavy (non-hydrogen) atoms. The molecule has 13 heteroatoms. The Morgan fingerprint density at radius 2 is 1.19 bits per heavy atom. The third-order valence-corrected chi connectivity index (χ3v) is 10.00. The molecule has 0 saturated carbocycles. The van der Waals surface area contributed by atoms with Gasteiger partial charge in [0.25, 0.3) is 0 Å². The highest BCUT2D eigenvalue weighted by Gasteiger charge is 2.43. The minimum atomic E-state index is -1.31. The Kier molecular flexibility index (Phi) is 14.9. The molecule has 0 atom stereocenters. The third-order valence-electron chi connectivity index (χ3n) is 10.00. The lowest BCUT2D eigenvalue weighted by Gasteiger charge is -2.10. The normalized spacial score (nSPS) is 11.6. The van der Waals surface area contributed by atoms with Crippen LogP contribution in [0.3, 0.4) is 0 Å². The van der Waals surface area contributed by atoms with Crippen molar-refractivity contribution in [1.29, 1.82) is 0 Å². The van der Waals surface area contributed by atoms with Gasteiger partial charge in [-0.1, -0.05) is 84.9 Å². The number of hydrogen-bond acceptors (Lipinski definition) is 13. The van der Waals surface area contributed by atoms with Gasteiger partial charge in [0.15, 0.2) is 53.0 Å². The van der Waals surface area contributed by atoms with E-state index in [1.807, 2.05) is 24.3 Å². The van der Waals surface area contributed by atoms with E-state index in [2.05, 4.69) is 0 Å². The van der Waals surface area contributed by atoms with Crippen LogP contribution in [-0.2, 0) is 4.74 Å². The first-order chi connectivity index (χ1) is 31.0. The van der Waals surface area contributed by atoms with Crippen LogP contribution in [-0.4, -0.2) is 75.0 Å². The summed E-state index contributed by atoms with van der Waals surface area (Å²) in [4.78, 5) is 74.1. The number of phenolic OH excluding ortho intramolecular Hbond substituents is 1. The second-order valence-corrected chi connectivity index (χ2v) is 14.0. The van der Waals surface area contributed by atoms with Crippen LogP contribution in [0.1, 0.15) is 74.1 Å². The van der Waals surface area contributed by atoms with Crippen LogP contribution in [0.2, 0.25) is 0 Å². The van der Waals surface area contributed by atoms with E-state index in [0.29, 0.717) is 56.4 Å². The number of phenols is 1. The molecule has 0 saturated heterocycles. The van der Waals surface area contributed by atoms with Crippen molar-refractivity contribution in [2.24, 2.45) is 5.92 Å². The van der Waals surface area contributed by atoms with Crippen molar-refractivity contribution in [1.82, 2.24) is 0 Å². The maximum absolute atomic E-state index is 12.7. The van der Waals surface area contributed by atoms with Gasteiger partial charge in [0, 0.05) is 52.4 Å². The van der Waals surface area contributed by atoms with Crippen LogP contribution in [0.25, 0.3) is 11.0 Å². The number of furan rings is 1. The van der Waals surface area contributed by atoms with Gasteiger partial charge < -0.3 is 33.2 Å². The molecule has 0 unspecified atom stereocenters. The summed E-state index contributed by atoms with van der Waals surface area (Å²) in [6, 6.07) is 38.4. The lowest BCUT2D eigenvalue weighted by Crippen LogP contribution is -2.25. The Labute approximate surface area is 367 Å². The summed E-state index contributed by atoms with van der Waals surface area (Å²) in [7, 11) is 5.96. The Bertz CT molecular complexity index is 2790. The molecule has 1 aromatic heterocycles. The molecule has 0 radical (unpaired) electrons. The smallest absolute Gasteiger partial charge is 0.196 e. The minimum absolute atomic E-state index is 0.0409. The van der Waals surface area contributed by atoms with E-state index < -0.39 is 29.1 Å². The first-order valence-corrected chi connectivity index (χ1v) is 19.6. The minimum Gasteiger partial charge on any atom is -0.507 e. The Morgan fingerprint density at radius 3 is 1.78 bits per heavy atom. The molecule has 1 heterocycles. The molecular formula is C51H42O13. The fraction of sp³-hybridized carbons (Fsp3) is 0.137. The topological polar surface area (TPSA) is 182 Å². The van der Waals surface area contributed by atoms with Gasteiger partial charge >= 0.3 is 0 Å². The zero-order chi connectivity index (χ0) is 45.8. The maximum atomic E-state index is 12.7. The molecule has 0 spiro atoms. The van der Waals surface area contributed by atoms with Crippen LogP contribution >= 0.6 is 0 Å². The molecule has 7 aromatic rings. The number of ether oxygens (including phenoxy) is 5. The fourth-order valence-electron chi connectivity index (χ4n) is 6.75. The molecule has 13 nitrogen and oxygen atoms in total. The molecule has 0 bridgehead atoms. The number of hydrogen-bond donors (Lipinski definition) is 1. The van der Waals surface area contributed by atoms with Gasteiger partial charge in [0.2, 0.25) is 0 Å². The van der Waals surface area contributed by atoms with Gasteiger partial charge in [-0.25, -0.2) is 0 Å². The van der Waals surface area contributed by atoms with Gasteiger partial charge in [-0.3, -0.25) is 28.8 Å². The number of fused-ring (bicyclic) bond motifs is 2. The van der Waals surface area contributed by atoms with E-state index in [-0.39, 0.29) is 41.7 Å². The Hall–Kier alpha value is -8.16. The lowest BCUT2D eigenvalue weighted by molar-refractivity contribution is 0.0509. The van der Waals surface area contributed by atoms with Gasteiger partial charge in [0.1, 0.15) is 28.7 Å². The Balaban J connectivity index is 0.000000160. The summed E-state index contributed by atoms with van der Waals surface area (Å²) >= 11 is 0. The highest BCUT2D eigenvalue weighted by Crippen LogP contribution is 2.33. The lowest BCUT2D eigenvalue weighted by atomic mass is 9.93. The van der Waals surface area contributed by atoms with E-state index in [1.54, 1.807) is 104 Å². The van der Waals surface area contributed by atoms with E-state index in [1.165, 1.54) is 45.6 Å². The molecular weight excluding hydrogens is 821 g/mol. The highest BCUT2D eigenvalue weighted by atomic mass is 16.7. The number of rotatable bonds is 14. The number of ketones is 6. The number of benzene rings is 6. The van der Waals surface area contributed by atoms with Crippen LogP contribution in [0.4, 0.5) is 0 Å². The van der Waals surface area contributed by atoms with E-state index in [4.69, 9.17) is 28.1 Å². The molecule has 0 aliphatic heterocycles. The van der Waals surface area contributed by atoms with Crippen molar-refractivity contribution in [2.75, 3.05) is 35.2 Å². The highest BCUT2D eigenvalue weighted by molar-refractivity contribution is 6.37. The fourth-order valence-corrected chi connectivity index (χ4v) is 6.75. The zero-order valence-corrected chi connectivity index (χ0v) is 35.2. The number of Topliss-reactive ketones (excluding diaryl/α,β-unsaturated/α-hetero) is 5. The SMILES string of the molecule is COCOc1ccc(C(=O)CC(=O)c2ccccc2)c(O)c1.COc1cc2occc2cc1C(=O)c1ccccc1.COc1ccc(C(=O)C2C(=O)c3ccccc3C2=O)cc1OC. The van der Waals surface area contributed by atoms with E-state index in [9.17, 15) is 33.9 Å². The summed E-state index contributed by atoms with van der Waals surface area (Å²) in [5.74, 6) is -2.01. The summed E-state index contributed by atoms with van der Waals surface area (Å²) in [6.45, 7) is 0.0409. The number of carbonyl (C=O) groups excluding carboxylic acids is 6. The van der Waals surface area contributed by atoms with Crippen molar-refractivity contribution < 1.29 is 62.0 Å². The van der Waals surface area contributed by atoms with E-state index >= 15 is 0 Å². The summed E-state index contributed by atoms with van der Waals surface area (Å²) in [5, 5.41) is 10.8. The molecule has 0 amide bonds. The zero-order valence-electron chi connectivity index (χ0n) is 35.2. The van der Waals surface area contributed by atoms with Crippen molar-refractivity contribution >= 4 is 45.7 Å². The van der Waals surface area contributed by atoms with Crippen molar-refractivity contribution in [2.45, 2.75) is 6.42 Å². The standard InChI is InChI=1S/C18H14O5.C17H16O5.C16H12O3/c1-22-13-8-7-10(9-14(13)23-2)16(19)15-17(20)11-5-3-4-6-12(11)18(15)21;1-21-11-22-13-7-8-14(16(19)9-13)17(20)10-15(18)12-5-3-2-4-6-12;1-18-15-10-14-12(7-8-19-14)9-13(15)16(17)11-5-3-2-4-6-11/h3-9,15H,1-2H3;2-9,19H,10-11H2,1H3;2-10H,1H3. The predicted molar refractivity (Wildman–Crippen MR) is 235 cm³/mol. The van der Waals surface area contributed by atoms with Crippen LogP contribution in [0.15, 0.2) is 150 Å². The predicted octanol–water partition coefficient (Wildman–Crippen LogP) is 9.08. The summed E-state index contributed by atoms with van der Waals surface area (Å²) < 4.78 is 30.8. The number of carbonyl (C=O) groups is 6. The summed E-state index contributed by atoms with van der Waals surface area (Å²) in [6.07, 6.45) is 1.30. The monoisotopic (exact) mass is 862 g/mol. The van der Waals surface area contributed by atoms with Crippen LogP contribution in [0, 0.1) is 5.92 Å². The van der Waals surface area contributed by atoms with Gasteiger partial charge in [0.05, 0.1) is 45.1 Å². The van der Waals surface area contributed by atoms with Crippen molar-refractivity contribution in [3.05, 3.63) is 185 Å². The van der Waals surface area contributed by atoms with Crippen molar-refractivity contribution in [3.8, 4) is 28.7 Å². The Morgan fingerprint density at radius 1 is 0.578 bits per heavy atom. The molecule has 1 N–H and O–H groups in total. The van der Waals surface area contributed by atoms with Gasteiger partial charge in [-0.15, -0.1) is 0 Å². The molecule has 324 valence electrons. The summed E-state index contributed by atoms with van der Waals surface area (Å²) in [5.41, 5.74) is 3.30. The largest absolute Gasteiger partial charge is 0.507 e. The van der Waals surface area contributed by atoms with Crippen LogP contribution in [0.5, 0.6) is 28.7 Å². The molecule has 1 aliphatic carbocycles. The maximum Gasteiger partial charge on any atom is 0.196 e. The average Bonchev–Trinajstić information content (AvgIpc) is 3.90. The molecule has 8 rings (SSSR count). The second kappa shape index (κ2) is 21.1. The first-order valence-electron chi connectivity index (χ1n) is 19.6. The second-order valence-electron chi connectivity index (χ2n) is 14.0. The first kappa shape index (κ1) is 45.4. The van der Waals surface area contributed by atoms with Gasteiger partial charge in [-0.2, -0.15) is 0 Å². The average molecular weight is 863 g/mol. The van der Waals surface area contributed by atoms with Crippen LogP contribution < -0.4 is 18.9 Å².